The topological polar surface area (TPSA) is 104 Å². The second kappa shape index (κ2) is 16.3. The number of alkyl halides is 2. The first kappa shape index (κ1) is 37.1. The number of ether oxygens (including phenoxy) is 4. The average Bonchev–Trinajstić information content (AvgIpc) is 3.12. The molecule has 3 aromatic carbocycles. The van der Waals surface area contributed by atoms with Crippen molar-refractivity contribution in [2.24, 2.45) is 5.92 Å². The van der Waals surface area contributed by atoms with Gasteiger partial charge in [0.1, 0.15) is 28.1 Å². The molecule has 2 atom stereocenters. The maximum Gasteiger partial charge on any atom is 0.415 e. The Balaban J connectivity index is 1.27. The average molecular weight is 761 g/mol. The molecule has 3 aliphatic rings. The second-order valence-corrected chi connectivity index (χ2v) is 13.3. The van der Waals surface area contributed by atoms with Crippen LogP contribution in [0.25, 0.3) is 0 Å². The van der Waals surface area contributed by atoms with Crippen molar-refractivity contribution in [3.8, 4) is 11.5 Å². The number of pyridine rings is 1. The highest BCUT2D eigenvalue weighted by atomic mass is 35.5. The third-order valence-electron chi connectivity index (χ3n) is 9.19. The number of aromatic nitrogens is 1. The highest BCUT2D eigenvalue weighted by Crippen LogP contribution is 2.37. The van der Waals surface area contributed by atoms with Gasteiger partial charge in [0.2, 0.25) is 0 Å². The highest BCUT2D eigenvalue weighted by molar-refractivity contribution is 6.35. The van der Waals surface area contributed by atoms with Crippen LogP contribution in [0.3, 0.4) is 0 Å². The smallest absolute Gasteiger partial charge is 0.415 e. The number of para-hydroxylation sites is 1. The van der Waals surface area contributed by atoms with Gasteiger partial charge in [-0.2, -0.15) is 13.5 Å². The third kappa shape index (κ3) is 8.66. The van der Waals surface area contributed by atoms with Crippen LogP contribution in [0.4, 0.5) is 23.7 Å². The molecule has 7 rings (SSSR count). The van der Waals surface area contributed by atoms with E-state index in [1.165, 1.54) is 60.5 Å². The molecule has 3 fully saturated rings. The number of carbonyl (C=O) groups is 2. The standard InChI is InChI=1S/C37H34Cl2F3N3O7/c1-49-33-16-24(9-10-31(33)51-36(41)42)32(17-26-27(38)19-44(48)20-28(26)39)50-35(46)25-6-4-5-22(15-25)18-45(30-8-3-2-7-29(30)40)37(47)52-34-21-43-13-11-23(34)12-14-43/h2-10,15-16,19-20,23,32,34,36H,11-14,17-18,21H2,1H3/t32-,34-/m0/s1. The predicted octanol–water partition coefficient (Wildman–Crippen LogP) is 7.75. The molecule has 15 heteroatoms. The Morgan fingerprint density at radius 2 is 1.73 bits per heavy atom. The van der Waals surface area contributed by atoms with Crippen molar-refractivity contribution >= 4 is 41.0 Å². The van der Waals surface area contributed by atoms with Crippen LogP contribution < -0.4 is 19.1 Å². The Bertz CT molecular complexity index is 1910. The van der Waals surface area contributed by atoms with Crippen molar-refractivity contribution in [2.75, 3.05) is 31.6 Å². The number of amides is 1. The number of benzene rings is 3. The number of fused-ring (bicyclic) bond motifs is 3. The fourth-order valence-electron chi connectivity index (χ4n) is 6.55. The maximum absolute atomic E-state index is 15.1. The normalized spacial score (nSPS) is 18.5. The first-order chi connectivity index (χ1) is 25.0. The van der Waals surface area contributed by atoms with Gasteiger partial charge in [-0.25, -0.2) is 14.0 Å². The Kier molecular flexibility index (Phi) is 11.6. The van der Waals surface area contributed by atoms with E-state index in [1.807, 2.05) is 0 Å². The van der Waals surface area contributed by atoms with E-state index in [-0.39, 0.29) is 63.3 Å². The minimum absolute atomic E-state index is 0.00790. The monoisotopic (exact) mass is 759 g/mol. The molecule has 10 nitrogen and oxygen atoms in total. The van der Waals surface area contributed by atoms with Crippen LogP contribution in [0.15, 0.2) is 79.1 Å². The van der Waals surface area contributed by atoms with Gasteiger partial charge in [-0.1, -0.05) is 53.5 Å². The summed E-state index contributed by atoms with van der Waals surface area (Å²) in [6.07, 6.45) is 1.77. The zero-order valence-corrected chi connectivity index (χ0v) is 29.4. The molecule has 1 amide bonds. The second-order valence-electron chi connectivity index (χ2n) is 12.5. The summed E-state index contributed by atoms with van der Waals surface area (Å²) >= 11 is 12.7. The number of rotatable bonds is 12. The van der Waals surface area contributed by atoms with Gasteiger partial charge < -0.3 is 24.2 Å². The van der Waals surface area contributed by atoms with Crippen LogP contribution in [0.5, 0.6) is 11.5 Å². The summed E-state index contributed by atoms with van der Waals surface area (Å²) in [4.78, 5) is 30.9. The van der Waals surface area contributed by atoms with Crippen molar-refractivity contribution in [3.63, 3.8) is 0 Å². The lowest BCUT2D eigenvalue weighted by molar-refractivity contribution is -0.605. The zero-order chi connectivity index (χ0) is 36.9. The van der Waals surface area contributed by atoms with Crippen LogP contribution >= 0.6 is 23.2 Å². The lowest BCUT2D eigenvalue weighted by Crippen LogP contribution is -2.53. The highest BCUT2D eigenvalue weighted by Gasteiger charge is 2.38. The van der Waals surface area contributed by atoms with Crippen LogP contribution in [-0.2, 0) is 22.4 Å². The van der Waals surface area contributed by atoms with Crippen molar-refractivity contribution in [2.45, 2.75) is 44.6 Å². The molecule has 0 N–H and O–H groups in total. The molecular formula is C37H34Cl2F3N3O7. The number of esters is 1. The van der Waals surface area contributed by atoms with Gasteiger partial charge in [0, 0.05) is 18.5 Å². The molecule has 52 heavy (non-hydrogen) atoms. The molecule has 4 heterocycles. The molecule has 1 aromatic heterocycles. The molecule has 2 bridgehead atoms. The van der Waals surface area contributed by atoms with Crippen molar-refractivity contribution < 1.29 is 46.4 Å². The van der Waals surface area contributed by atoms with E-state index in [9.17, 15) is 23.6 Å². The lowest BCUT2D eigenvalue weighted by Gasteiger charge is -2.44. The van der Waals surface area contributed by atoms with E-state index < -0.39 is 30.6 Å². The van der Waals surface area contributed by atoms with Crippen LogP contribution in [0.1, 0.15) is 46.0 Å². The molecule has 0 aliphatic carbocycles. The van der Waals surface area contributed by atoms with E-state index in [0.29, 0.717) is 22.4 Å². The summed E-state index contributed by atoms with van der Waals surface area (Å²) < 4.78 is 63.3. The van der Waals surface area contributed by atoms with Gasteiger partial charge in [0.05, 0.1) is 24.9 Å². The number of hydrogen-bond acceptors (Lipinski definition) is 8. The van der Waals surface area contributed by atoms with Gasteiger partial charge in [-0.05, 0) is 79.4 Å². The van der Waals surface area contributed by atoms with Crippen molar-refractivity contribution in [3.05, 3.63) is 122 Å². The molecule has 0 saturated carbocycles. The number of anilines is 1. The fourth-order valence-corrected chi connectivity index (χ4v) is 7.15. The first-order valence-corrected chi connectivity index (χ1v) is 17.2. The minimum Gasteiger partial charge on any atom is -0.619 e. The largest absolute Gasteiger partial charge is 0.619 e. The number of nitrogens with zero attached hydrogens (tertiary/aromatic N) is 3. The van der Waals surface area contributed by atoms with Gasteiger partial charge in [-0.3, -0.25) is 9.80 Å². The number of halogens is 5. The number of methoxy groups -OCH3 is 1. The zero-order valence-electron chi connectivity index (χ0n) is 27.9. The Morgan fingerprint density at radius 1 is 1.00 bits per heavy atom. The molecule has 4 aromatic rings. The molecule has 274 valence electrons. The van der Waals surface area contributed by atoms with E-state index in [1.54, 1.807) is 18.2 Å². The summed E-state index contributed by atoms with van der Waals surface area (Å²) in [6.45, 7) is -0.709. The summed E-state index contributed by atoms with van der Waals surface area (Å²) in [5, 5.41) is 11.9. The van der Waals surface area contributed by atoms with Gasteiger partial charge in [-0.15, -0.1) is 0 Å². The first-order valence-electron chi connectivity index (χ1n) is 16.4. The molecule has 0 spiro atoms. The molecule has 0 radical (unpaired) electrons. The van der Waals surface area contributed by atoms with E-state index in [0.717, 1.165) is 38.3 Å². The van der Waals surface area contributed by atoms with E-state index in [4.69, 9.17) is 37.4 Å². The summed E-state index contributed by atoms with van der Waals surface area (Å²) in [6, 6.07) is 16.2. The van der Waals surface area contributed by atoms with E-state index >= 15 is 4.39 Å². The van der Waals surface area contributed by atoms with Gasteiger partial charge >= 0.3 is 18.7 Å². The predicted molar refractivity (Wildman–Crippen MR) is 185 cm³/mol. The summed E-state index contributed by atoms with van der Waals surface area (Å²) in [7, 11) is 1.26. The quantitative estimate of drug-likeness (QED) is 0.0821. The maximum atomic E-state index is 15.1. The van der Waals surface area contributed by atoms with Crippen LogP contribution in [0, 0.1) is 16.9 Å². The molecule has 3 saturated heterocycles. The van der Waals surface area contributed by atoms with Gasteiger partial charge in [0.15, 0.2) is 23.9 Å². The molecule has 0 unspecified atom stereocenters. The molecular weight excluding hydrogens is 726 g/mol. The minimum atomic E-state index is -3.11. The third-order valence-corrected chi connectivity index (χ3v) is 9.84. The molecule has 3 aliphatic heterocycles. The Morgan fingerprint density at radius 3 is 2.38 bits per heavy atom. The number of hydrogen-bond donors (Lipinski definition) is 0. The Labute approximate surface area is 307 Å². The van der Waals surface area contributed by atoms with Crippen molar-refractivity contribution in [1.82, 2.24) is 4.90 Å². The number of carbonyl (C=O) groups excluding carboxylic acids is 2. The number of piperidine rings is 3. The lowest BCUT2D eigenvalue weighted by atomic mass is 9.86. The van der Waals surface area contributed by atoms with E-state index in [2.05, 4.69) is 9.64 Å². The van der Waals surface area contributed by atoms with Crippen molar-refractivity contribution in [1.29, 1.82) is 0 Å². The summed E-state index contributed by atoms with van der Waals surface area (Å²) in [5.74, 6) is -1.48. The fraction of sp³-hybridized carbons (Fsp3) is 0.324. The van der Waals surface area contributed by atoms with Gasteiger partial charge in [0.25, 0.3) is 0 Å². The SMILES string of the molecule is COc1cc([C@H](Cc2c(Cl)c[n+]([O-])cc2Cl)OC(=O)c2cccc(CN(C(=O)O[C@H]3CN4CCC3CC4)c3ccccc3F)c2)ccc1OC(F)F. The summed E-state index contributed by atoms with van der Waals surface area (Å²) in [5.41, 5.74) is 1.19. The van der Waals surface area contributed by atoms with Crippen LogP contribution in [-0.4, -0.2) is 56.4 Å². The Hall–Kier alpha value is -4.72. The van der Waals surface area contributed by atoms with Crippen LogP contribution in [0.2, 0.25) is 10.0 Å².